The molecule has 3 heterocycles. The Kier molecular flexibility index (Phi) is 4.74. The molecule has 0 radical (unpaired) electrons. The highest BCUT2D eigenvalue weighted by Crippen LogP contribution is 2.35. The van der Waals surface area contributed by atoms with Crippen molar-refractivity contribution >= 4 is 11.8 Å². The third-order valence-electron chi connectivity index (χ3n) is 5.71. The molecule has 1 unspecified atom stereocenters. The van der Waals surface area contributed by atoms with Crippen molar-refractivity contribution in [2.45, 2.75) is 44.6 Å². The van der Waals surface area contributed by atoms with Gasteiger partial charge < -0.3 is 14.5 Å². The van der Waals surface area contributed by atoms with Crippen LogP contribution in [0.4, 0.5) is 0 Å². The van der Waals surface area contributed by atoms with Gasteiger partial charge >= 0.3 is 0 Å². The van der Waals surface area contributed by atoms with Gasteiger partial charge in [0.2, 0.25) is 5.91 Å². The number of rotatable bonds is 3. The number of amides is 2. The van der Waals surface area contributed by atoms with Crippen LogP contribution < -0.4 is 0 Å². The lowest BCUT2D eigenvalue weighted by molar-refractivity contribution is -0.142. The molecule has 3 aliphatic rings. The molecule has 7 nitrogen and oxygen atoms in total. The Morgan fingerprint density at radius 1 is 1.08 bits per heavy atom. The molecule has 1 atom stereocenters. The maximum absolute atomic E-state index is 12.8. The summed E-state index contributed by atoms with van der Waals surface area (Å²) in [5.74, 6) is 0.433. The average molecular weight is 346 g/mol. The number of hydrogen-bond donors (Lipinski definition) is 1. The molecule has 1 saturated carbocycles. The highest BCUT2D eigenvalue weighted by atomic mass is 16.5. The number of nitrogens with zero attached hydrogens (tertiary/aromatic N) is 3. The summed E-state index contributed by atoms with van der Waals surface area (Å²) in [5, 5.41) is 7.28. The number of H-pyrrole nitrogens is 1. The van der Waals surface area contributed by atoms with E-state index in [4.69, 9.17) is 4.74 Å². The van der Waals surface area contributed by atoms with Crippen molar-refractivity contribution in [1.29, 1.82) is 0 Å². The van der Waals surface area contributed by atoms with Crippen LogP contribution in [0.5, 0.6) is 0 Å². The van der Waals surface area contributed by atoms with Crippen LogP contribution in [0.2, 0.25) is 0 Å². The predicted molar refractivity (Wildman–Crippen MR) is 91.0 cm³/mol. The minimum Gasteiger partial charge on any atom is -0.378 e. The molecule has 2 amide bonds. The largest absolute Gasteiger partial charge is 0.378 e. The Bertz CT molecular complexity index is 634. The molecular weight excluding hydrogens is 320 g/mol. The second-order valence-electron chi connectivity index (χ2n) is 7.28. The minimum atomic E-state index is -0.0570. The average Bonchev–Trinajstić information content (AvgIpc) is 3.10. The number of aromatic amines is 1. The number of piperidine rings is 1. The van der Waals surface area contributed by atoms with Gasteiger partial charge in [-0.25, -0.2) is 0 Å². The van der Waals surface area contributed by atoms with Crippen LogP contribution in [0.15, 0.2) is 6.07 Å². The van der Waals surface area contributed by atoms with E-state index in [1.54, 1.807) is 4.90 Å². The lowest BCUT2D eigenvalue weighted by Crippen LogP contribution is -2.43. The quantitative estimate of drug-likeness (QED) is 0.904. The Balaban J connectivity index is 1.49. The fourth-order valence-electron chi connectivity index (χ4n) is 3.95. The predicted octanol–water partition coefficient (Wildman–Crippen LogP) is 1.74. The zero-order valence-corrected chi connectivity index (χ0v) is 14.6. The van der Waals surface area contributed by atoms with E-state index in [0.717, 1.165) is 50.8 Å². The molecule has 7 heteroatoms. The van der Waals surface area contributed by atoms with Crippen LogP contribution >= 0.6 is 0 Å². The van der Waals surface area contributed by atoms with E-state index >= 15 is 0 Å². The van der Waals surface area contributed by atoms with Gasteiger partial charge in [-0.15, -0.1) is 0 Å². The smallest absolute Gasteiger partial charge is 0.274 e. The maximum Gasteiger partial charge on any atom is 0.274 e. The van der Waals surface area contributed by atoms with Gasteiger partial charge in [0.25, 0.3) is 5.91 Å². The van der Waals surface area contributed by atoms with Crippen LogP contribution in [-0.4, -0.2) is 64.7 Å². The van der Waals surface area contributed by atoms with Crippen molar-refractivity contribution < 1.29 is 14.3 Å². The lowest BCUT2D eigenvalue weighted by atomic mass is 9.83. The molecule has 1 N–H and O–H groups in total. The van der Waals surface area contributed by atoms with E-state index in [0.29, 0.717) is 32.0 Å². The fraction of sp³-hybridized carbons (Fsp3) is 0.722. The van der Waals surface area contributed by atoms with E-state index in [2.05, 4.69) is 10.2 Å². The van der Waals surface area contributed by atoms with Crippen LogP contribution in [0.1, 0.15) is 60.7 Å². The summed E-state index contributed by atoms with van der Waals surface area (Å²) in [7, 11) is 0. The molecule has 0 aromatic carbocycles. The first-order valence-electron chi connectivity index (χ1n) is 9.47. The monoisotopic (exact) mass is 346 g/mol. The number of ether oxygens (including phenoxy) is 1. The van der Waals surface area contributed by atoms with E-state index in [1.807, 2.05) is 11.0 Å². The van der Waals surface area contributed by atoms with Crippen molar-refractivity contribution in [2.24, 2.45) is 5.92 Å². The van der Waals surface area contributed by atoms with Crippen molar-refractivity contribution in [2.75, 3.05) is 32.8 Å². The van der Waals surface area contributed by atoms with Gasteiger partial charge in [-0.05, 0) is 38.2 Å². The Morgan fingerprint density at radius 3 is 2.60 bits per heavy atom. The van der Waals surface area contributed by atoms with E-state index in [9.17, 15) is 9.59 Å². The van der Waals surface area contributed by atoms with Crippen molar-refractivity contribution in [3.8, 4) is 0 Å². The summed E-state index contributed by atoms with van der Waals surface area (Å²) in [6.45, 7) is 3.18. The zero-order chi connectivity index (χ0) is 17.2. The van der Waals surface area contributed by atoms with Gasteiger partial charge in [0.05, 0.1) is 24.9 Å². The maximum atomic E-state index is 12.8. The third kappa shape index (κ3) is 3.29. The van der Waals surface area contributed by atoms with Crippen molar-refractivity contribution in [3.05, 3.63) is 17.5 Å². The Labute approximate surface area is 147 Å². The first-order chi connectivity index (χ1) is 12.2. The highest BCUT2D eigenvalue weighted by Gasteiger charge is 2.36. The fourth-order valence-corrected chi connectivity index (χ4v) is 3.95. The van der Waals surface area contributed by atoms with Gasteiger partial charge in [0.15, 0.2) is 0 Å². The molecule has 2 aliphatic heterocycles. The normalized spacial score (nSPS) is 24.9. The van der Waals surface area contributed by atoms with Crippen LogP contribution in [0.25, 0.3) is 0 Å². The molecule has 25 heavy (non-hydrogen) atoms. The van der Waals surface area contributed by atoms with E-state index in [1.165, 1.54) is 0 Å². The van der Waals surface area contributed by atoms with Crippen LogP contribution in [-0.2, 0) is 9.53 Å². The number of hydrogen-bond acceptors (Lipinski definition) is 4. The third-order valence-corrected chi connectivity index (χ3v) is 5.71. The summed E-state index contributed by atoms with van der Waals surface area (Å²) >= 11 is 0. The van der Waals surface area contributed by atoms with E-state index in [-0.39, 0.29) is 23.8 Å². The molecule has 0 bridgehead atoms. The molecular formula is C18H26N4O3. The van der Waals surface area contributed by atoms with Crippen LogP contribution in [0, 0.1) is 5.92 Å². The molecule has 136 valence electrons. The van der Waals surface area contributed by atoms with Crippen molar-refractivity contribution in [1.82, 2.24) is 20.0 Å². The molecule has 2 saturated heterocycles. The summed E-state index contributed by atoms with van der Waals surface area (Å²) in [6, 6.07) is 1.87. The molecule has 1 aromatic heterocycles. The summed E-state index contributed by atoms with van der Waals surface area (Å²) < 4.78 is 5.30. The van der Waals surface area contributed by atoms with E-state index < -0.39 is 0 Å². The van der Waals surface area contributed by atoms with Gasteiger partial charge in [0.1, 0.15) is 5.69 Å². The van der Waals surface area contributed by atoms with Gasteiger partial charge in [-0.2, -0.15) is 5.10 Å². The Morgan fingerprint density at radius 2 is 1.88 bits per heavy atom. The highest BCUT2D eigenvalue weighted by molar-refractivity contribution is 5.92. The number of aromatic nitrogens is 2. The molecule has 0 spiro atoms. The Hall–Kier alpha value is -1.89. The first-order valence-corrected chi connectivity index (χ1v) is 9.47. The number of likely N-dealkylation sites (tertiary alicyclic amines) is 1. The van der Waals surface area contributed by atoms with Crippen LogP contribution in [0.3, 0.4) is 0 Å². The zero-order valence-electron chi connectivity index (χ0n) is 14.6. The number of carbonyl (C=O) groups is 2. The molecule has 3 fully saturated rings. The first kappa shape index (κ1) is 16.6. The standard InChI is InChI=1S/C18H26N4O3/c23-17(13-4-3-5-13)22-7-2-1-6-16(22)14-12-15(20-19-14)18(24)21-8-10-25-11-9-21/h12-13,16H,1-11H2,(H,19,20). The second-order valence-corrected chi connectivity index (χ2v) is 7.28. The second kappa shape index (κ2) is 7.15. The summed E-state index contributed by atoms with van der Waals surface area (Å²) in [6.07, 6.45) is 6.30. The molecule has 1 aromatic rings. The lowest BCUT2D eigenvalue weighted by Gasteiger charge is -2.39. The SMILES string of the molecule is O=C(c1cc(C2CCCCN2C(=O)C2CCC2)[nH]n1)N1CCOCC1. The summed E-state index contributed by atoms with van der Waals surface area (Å²) in [4.78, 5) is 29.1. The topological polar surface area (TPSA) is 78.5 Å². The number of morpholine rings is 1. The van der Waals surface area contributed by atoms with Gasteiger partial charge in [-0.3, -0.25) is 14.7 Å². The van der Waals surface area contributed by atoms with Crippen molar-refractivity contribution in [3.63, 3.8) is 0 Å². The number of carbonyl (C=O) groups excluding carboxylic acids is 2. The minimum absolute atomic E-state index is 0.0283. The number of nitrogens with one attached hydrogen (secondary N) is 1. The molecule has 1 aliphatic carbocycles. The van der Waals surface area contributed by atoms with Gasteiger partial charge in [0, 0.05) is 25.6 Å². The molecule has 4 rings (SSSR count). The van der Waals surface area contributed by atoms with Gasteiger partial charge in [-0.1, -0.05) is 6.42 Å². The summed E-state index contributed by atoms with van der Waals surface area (Å²) in [5.41, 5.74) is 1.34.